The maximum absolute atomic E-state index is 3.69. The second kappa shape index (κ2) is 5.06. The Hall–Kier alpha value is -1.60. The van der Waals surface area contributed by atoms with Gasteiger partial charge in [-0.15, -0.1) is 0 Å². The molecule has 0 aromatic heterocycles. The average molecular weight is 263 g/mol. The van der Waals surface area contributed by atoms with E-state index in [9.17, 15) is 0 Å². The Bertz CT molecular complexity index is 568. The molecule has 4 rings (SSSR count). The highest BCUT2D eigenvalue weighted by molar-refractivity contribution is 5.30. The zero-order chi connectivity index (χ0) is 13.4. The lowest BCUT2D eigenvalue weighted by molar-refractivity contribution is 0.672. The van der Waals surface area contributed by atoms with Crippen LogP contribution in [0.3, 0.4) is 0 Å². The van der Waals surface area contributed by atoms with Gasteiger partial charge in [0.25, 0.3) is 0 Å². The summed E-state index contributed by atoms with van der Waals surface area (Å²) >= 11 is 0. The summed E-state index contributed by atoms with van der Waals surface area (Å²) in [5.41, 5.74) is 4.42. The molecule has 2 aromatic rings. The molecule has 0 amide bonds. The van der Waals surface area contributed by atoms with Gasteiger partial charge in [0.2, 0.25) is 0 Å². The molecular formula is C19H21N. The Morgan fingerprint density at radius 3 is 2.30 bits per heavy atom. The molecule has 1 N–H and O–H groups in total. The molecule has 2 atom stereocenters. The van der Waals surface area contributed by atoms with Crippen LogP contribution in [-0.4, -0.2) is 6.04 Å². The van der Waals surface area contributed by atoms with Crippen LogP contribution in [0.5, 0.6) is 0 Å². The SMILES string of the molecule is c1ccc(C2CC2NCc2ccc(C3CC3)cc2)cc1. The van der Waals surface area contributed by atoms with Crippen LogP contribution in [0, 0.1) is 0 Å². The topological polar surface area (TPSA) is 12.0 Å². The summed E-state index contributed by atoms with van der Waals surface area (Å²) in [5.74, 6) is 1.59. The van der Waals surface area contributed by atoms with Gasteiger partial charge in [-0.2, -0.15) is 0 Å². The van der Waals surface area contributed by atoms with Crippen LogP contribution in [0.15, 0.2) is 54.6 Å². The second-order valence-electron chi connectivity index (χ2n) is 6.26. The maximum Gasteiger partial charge on any atom is 0.0208 e. The van der Waals surface area contributed by atoms with Crippen molar-refractivity contribution in [3.8, 4) is 0 Å². The van der Waals surface area contributed by atoms with E-state index in [2.05, 4.69) is 59.9 Å². The summed E-state index contributed by atoms with van der Waals surface area (Å²) in [5, 5.41) is 3.69. The smallest absolute Gasteiger partial charge is 0.0208 e. The lowest BCUT2D eigenvalue weighted by atomic mass is 10.1. The third-order valence-corrected chi connectivity index (χ3v) is 4.62. The number of hydrogen-bond donors (Lipinski definition) is 1. The average Bonchev–Trinajstić information content (AvgIpc) is 3.40. The highest BCUT2D eigenvalue weighted by Gasteiger charge is 2.37. The minimum atomic E-state index is 0.667. The first kappa shape index (κ1) is 12.2. The van der Waals surface area contributed by atoms with Gasteiger partial charge >= 0.3 is 0 Å². The first-order chi connectivity index (χ1) is 9.90. The maximum atomic E-state index is 3.69. The van der Waals surface area contributed by atoms with Crippen molar-refractivity contribution in [2.75, 3.05) is 0 Å². The van der Waals surface area contributed by atoms with Crippen molar-refractivity contribution in [2.24, 2.45) is 0 Å². The number of nitrogens with one attached hydrogen (secondary N) is 1. The van der Waals surface area contributed by atoms with Gasteiger partial charge in [0.15, 0.2) is 0 Å². The second-order valence-corrected chi connectivity index (χ2v) is 6.26. The first-order valence-electron chi connectivity index (χ1n) is 7.77. The van der Waals surface area contributed by atoms with Crippen LogP contribution in [0.4, 0.5) is 0 Å². The number of rotatable bonds is 5. The molecule has 2 aliphatic carbocycles. The van der Waals surface area contributed by atoms with E-state index in [1.54, 1.807) is 0 Å². The molecule has 2 fully saturated rings. The summed E-state index contributed by atoms with van der Waals surface area (Å²) in [6, 6.07) is 20.8. The molecular weight excluding hydrogens is 242 g/mol. The van der Waals surface area contributed by atoms with Gasteiger partial charge in [-0.25, -0.2) is 0 Å². The highest BCUT2D eigenvalue weighted by Crippen LogP contribution is 2.41. The molecule has 20 heavy (non-hydrogen) atoms. The molecule has 2 unspecified atom stereocenters. The fourth-order valence-electron chi connectivity index (χ4n) is 3.06. The monoisotopic (exact) mass is 263 g/mol. The van der Waals surface area contributed by atoms with Crippen molar-refractivity contribution in [3.63, 3.8) is 0 Å². The Morgan fingerprint density at radius 2 is 1.60 bits per heavy atom. The van der Waals surface area contributed by atoms with Crippen LogP contribution in [0.25, 0.3) is 0 Å². The summed E-state index contributed by atoms with van der Waals surface area (Å²) < 4.78 is 0. The molecule has 2 aliphatic rings. The van der Waals surface area contributed by atoms with Crippen molar-refractivity contribution in [3.05, 3.63) is 71.3 Å². The molecule has 2 saturated carbocycles. The van der Waals surface area contributed by atoms with Crippen molar-refractivity contribution in [1.29, 1.82) is 0 Å². The van der Waals surface area contributed by atoms with Gasteiger partial charge in [0.1, 0.15) is 0 Å². The Labute approximate surface area is 121 Å². The molecule has 0 saturated heterocycles. The molecule has 0 spiro atoms. The highest BCUT2D eigenvalue weighted by atomic mass is 15.0. The number of hydrogen-bond acceptors (Lipinski definition) is 1. The largest absolute Gasteiger partial charge is 0.309 e. The minimum Gasteiger partial charge on any atom is -0.309 e. The van der Waals surface area contributed by atoms with Crippen molar-refractivity contribution < 1.29 is 0 Å². The van der Waals surface area contributed by atoms with E-state index >= 15 is 0 Å². The molecule has 1 nitrogen and oxygen atoms in total. The quantitative estimate of drug-likeness (QED) is 0.852. The van der Waals surface area contributed by atoms with Gasteiger partial charge in [-0.05, 0) is 41.9 Å². The lowest BCUT2D eigenvalue weighted by Gasteiger charge is -2.06. The van der Waals surface area contributed by atoms with E-state index in [-0.39, 0.29) is 0 Å². The Kier molecular flexibility index (Phi) is 3.08. The van der Waals surface area contributed by atoms with Crippen molar-refractivity contribution in [2.45, 2.75) is 43.7 Å². The fourth-order valence-corrected chi connectivity index (χ4v) is 3.06. The molecule has 1 heteroatoms. The standard InChI is InChI=1S/C19H21N/c1-2-4-17(5-3-1)18-12-19(18)20-13-14-6-8-15(9-7-14)16-10-11-16/h1-9,16,18-20H,10-13H2. The zero-order valence-corrected chi connectivity index (χ0v) is 11.8. The normalized spacial score (nSPS) is 24.6. The number of benzene rings is 2. The van der Waals surface area contributed by atoms with E-state index in [1.165, 1.54) is 36.0 Å². The van der Waals surface area contributed by atoms with Crippen LogP contribution in [0.1, 0.15) is 47.8 Å². The third-order valence-electron chi connectivity index (χ3n) is 4.62. The van der Waals surface area contributed by atoms with Gasteiger partial charge in [-0.3, -0.25) is 0 Å². The van der Waals surface area contributed by atoms with Gasteiger partial charge < -0.3 is 5.32 Å². The first-order valence-corrected chi connectivity index (χ1v) is 7.77. The van der Waals surface area contributed by atoms with Crippen molar-refractivity contribution in [1.82, 2.24) is 5.32 Å². The van der Waals surface area contributed by atoms with Crippen LogP contribution >= 0.6 is 0 Å². The summed E-state index contributed by atoms with van der Waals surface area (Å²) in [6.45, 7) is 0.999. The molecule has 0 heterocycles. The van der Waals surface area contributed by atoms with Crippen LogP contribution in [0.2, 0.25) is 0 Å². The minimum absolute atomic E-state index is 0.667. The van der Waals surface area contributed by atoms with Crippen LogP contribution in [-0.2, 0) is 6.54 Å². The zero-order valence-electron chi connectivity index (χ0n) is 11.8. The summed E-state index contributed by atoms with van der Waals surface area (Å²) in [4.78, 5) is 0. The fraction of sp³-hybridized carbons (Fsp3) is 0.368. The molecule has 0 aliphatic heterocycles. The molecule has 2 aromatic carbocycles. The predicted octanol–water partition coefficient (Wildman–Crippen LogP) is 4.21. The summed E-state index contributed by atoms with van der Waals surface area (Å²) in [7, 11) is 0. The molecule has 102 valence electrons. The van der Waals surface area contributed by atoms with Crippen LogP contribution < -0.4 is 5.32 Å². The van der Waals surface area contributed by atoms with Gasteiger partial charge in [0.05, 0.1) is 0 Å². The van der Waals surface area contributed by atoms with E-state index < -0.39 is 0 Å². The molecule has 0 bridgehead atoms. The van der Waals surface area contributed by atoms with E-state index in [0.29, 0.717) is 6.04 Å². The third kappa shape index (κ3) is 2.64. The Balaban J connectivity index is 1.31. The summed E-state index contributed by atoms with van der Waals surface area (Å²) in [6.07, 6.45) is 4.06. The van der Waals surface area contributed by atoms with Gasteiger partial charge in [0, 0.05) is 18.5 Å². The predicted molar refractivity (Wildman–Crippen MR) is 82.8 cm³/mol. The lowest BCUT2D eigenvalue weighted by Crippen LogP contribution is -2.17. The van der Waals surface area contributed by atoms with E-state index in [4.69, 9.17) is 0 Å². The van der Waals surface area contributed by atoms with E-state index in [1.807, 2.05) is 0 Å². The van der Waals surface area contributed by atoms with Gasteiger partial charge in [-0.1, -0.05) is 54.6 Å². The van der Waals surface area contributed by atoms with E-state index in [0.717, 1.165) is 18.4 Å². The van der Waals surface area contributed by atoms with Crippen molar-refractivity contribution >= 4 is 0 Å². The Morgan fingerprint density at radius 1 is 0.850 bits per heavy atom. The molecule has 0 radical (unpaired) electrons.